The number of aryl methyl sites for hydroxylation is 1. The topological polar surface area (TPSA) is 42.0 Å². The number of ether oxygens (including phenoxy) is 2. The van der Waals surface area contributed by atoms with Crippen LogP contribution in [0.2, 0.25) is 0 Å². The van der Waals surface area contributed by atoms with Gasteiger partial charge >= 0.3 is 0 Å². The summed E-state index contributed by atoms with van der Waals surface area (Å²) >= 11 is 0. The molecule has 5 nitrogen and oxygen atoms in total. The minimum atomic E-state index is 0.120. The molecular weight excluding hydrogens is 376 g/mol. The van der Waals surface area contributed by atoms with Crippen molar-refractivity contribution in [2.24, 2.45) is 0 Å². The summed E-state index contributed by atoms with van der Waals surface area (Å²) in [6.07, 6.45) is 8.50. The van der Waals surface area contributed by atoms with E-state index in [4.69, 9.17) is 15.9 Å². The zero-order valence-electron chi connectivity index (χ0n) is 17.7. The van der Waals surface area contributed by atoms with Crippen LogP contribution in [0.4, 0.5) is 0 Å². The molecule has 0 bridgehead atoms. The van der Waals surface area contributed by atoms with Crippen molar-refractivity contribution < 1.29 is 14.3 Å². The number of nitrogens with zero attached hydrogens (tertiary/aromatic N) is 2. The molecule has 0 saturated heterocycles. The van der Waals surface area contributed by atoms with Crippen molar-refractivity contribution >= 4 is 5.91 Å². The molecule has 30 heavy (non-hydrogen) atoms. The van der Waals surface area contributed by atoms with Crippen LogP contribution in [-0.2, 0) is 24.2 Å². The maximum atomic E-state index is 13.2. The number of hydrogen-bond acceptors (Lipinski definition) is 4. The zero-order valence-corrected chi connectivity index (χ0v) is 17.7. The van der Waals surface area contributed by atoms with E-state index in [0.717, 1.165) is 30.6 Å². The van der Waals surface area contributed by atoms with Crippen LogP contribution in [0.25, 0.3) is 0 Å². The van der Waals surface area contributed by atoms with E-state index in [1.807, 2.05) is 17.0 Å². The summed E-state index contributed by atoms with van der Waals surface area (Å²) in [5.74, 6) is 4.30. The SMILES string of the molecule is C#CCN(CC(=O)N1CCc2cc(OC)c(OC)cc2C1)C1CCc2ccccc21. The number of benzene rings is 2. The highest BCUT2D eigenvalue weighted by molar-refractivity contribution is 5.79. The van der Waals surface area contributed by atoms with E-state index in [2.05, 4.69) is 35.1 Å². The minimum Gasteiger partial charge on any atom is -0.493 e. The number of carbonyl (C=O) groups is 1. The van der Waals surface area contributed by atoms with E-state index in [1.54, 1.807) is 14.2 Å². The summed E-state index contributed by atoms with van der Waals surface area (Å²) in [6, 6.07) is 12.7. The highest BCUT2D eigenvalue weighted by atomic mass is 16.5. The fraction of sp³-hybridized carbons (Fsp3) is 0.400. The second kappa shape index (κ2) is 8.81. The standard InChI is InChI=1S/C25H28N2O3/c1-4-12-26(22-10-9-18-7-5-6-8-21(18)22)17-25(28)27-13-11-19-14-23(29-2)24(30-3)15-20(19)16-27/h1,5-8,14-15,22H,9-13,16-17H2,2-3H3. The van der Waals surface area contributed by atoms with Gasteiger partial charge in [0.2, 0.25) is 5.91 Å². The van der Waals surface area contributed by atoms with Gasteiger partial charge in [-0.25, -0.2) is 0 Å². The molecule has 2 aromatic rings. The Hall–Kier alpha value is -2.97. The van der Waals surface area contributed by atoms with Crippen LogP contribution in [0, 0.1) is 12.3 Å². The van der Waals surface area contributed by atoms with Gasteiger partial charge in [0.25, 0.3) is 0 Å². The molecule has 2 aliphatic rings. The van der Waals surface area contributed by atoms with Gasteiger partial charge < -0.3 is 14.4 Å². The summed E-state index contributed by atoms with van der Waals surface area (Å²) in [7, 11) is 3.28. The Balaban J connectivity index is 1.49. The summed E-state index contributed by atoms with van der Waals surface area (Å²) in [5.41, 5.74) is 5.00. The number of hydrogen-bond donors (Lipinski definition) is 0. The van der Waals surface area contributed by atoms with Gasteiger partial charge in [-0.2, -0.15) is 0 Å². The molecule has 0 aromatic heterocycles. The van der Waals surface area contributed by atoms with Gasteiger partial charge in [-0.05, 0) is 53.6 Å². The lowest BCUT2D eigenvalue weighted by molar-refractivity contribution is -0.133. The van der Waals surface area contributed by atoms with Gasteiger partial charge in [-0.1, -0.05) is 30.2 Å². The molecule has 1 heterocycles. The molecule has 0 spiro atoms. The largest absolute Gasteiger partial charge is 0.493 e. The number of rotatable bonds is 6. The number of terminal acetylenes is 1. The summed E-state index contributed by atoms with van der Waals surface area (Å²) in [4.78, 5) is 17.3. The fourth-order valence-electron chi connectivity index (χ4n) is 4.68. The second-order valence-electron chi connectivity index (χ2n) is 7.90. The molecule has 1 unspecified atom stereocenters. The molecule has 0 saturated carbocycles. The van der Waals surface area contributed by atoms with Crippen LogP contribution in [0.3, 0.4) is 0 Å². The Labute approximate surface area is 178 Å². The maximum Gasteiger partial charge on any atom is 0.237 e. The van der Waals surface area contributed by atoms with E-state index in [9.17, 15) is 4.79 Å². The monoisotopic (exact) mass is 404 g/mol. The van der Waals surface area contributed by atoms with Crippen molar-refractivity contribution in [1.29, 1.82) is 0 Å². The zero-order chi connectivity index (χ0) is 21.1. The first-order valence-electron chi connectivity index (χ1n) is 10.4. The first-order chi connectivity index (χ1) is 14.6. The average Bonchev–Trinajstić information content (AvgIpc) is 3.21. The Kier molecular flexibility index (Phi) is 5.96. The molecule has 4 rings (SSSR count). The van der Waals surface area contributed by atoms with Crippen LogP contribution < -0.4 is 9.47 Å². The maximum absolute atomic E-state index is 13.2. The molecule has 0 fully saturated rings. The van der Waals surface area contributed by atoms with Crippen LogP contribution in [0.1, 0.15) is 34.7 Å². The van der Waals surface area contributed by atoms with E-state index in [1.165, 1.54) is 16.7 Å². The minimum absolute atomic E-state index is 0.120. The van der Waals surface area contributed by atoms with E-state index < -0.39 is 0 Å². The van der Waals surface area contributed by atoms with Crippen molar-refractivity contribution in [2.45, 2.75) is 31.8 Å². The highest BCUT2D eigenvalue weighted by Crippen LogP contribution is 2.36. The predicted octanol–water partition coefficient (Wildman–Crippen LogP) is 3.21. The van der Waals surface area contributed by atoms with Crippen molar-refractivity contribution in [2.75, 3.05) is 33.9 Å². The third-order valence-electron chi connectivity index (χ3n) is 6.25. The number of amides is 1. The molecule has 0 N–H and O–H groups in total. The molecule has 2 aromatic carbocycles. The lowest BCUT2D eigenvalue weighted by Crippen LogP contribution is -2.43. The van der Waals surface area contributed by atoms with Gasteiger partial charge in [-0.15, -0.1) is 6.42 Å². The first-order valence-corrected chi connectivity index (χ1v) is 10.4. The fourth-order valence-corrected chi connectivity index (χ4v) is 4.68. The summed E-state index contributed by atoms with van der Waals surface area (Å²) < 4.78 is 10.8. The summed E-state index contributed by atoms with van der Waals surface area (Å²) in [5, 5.41) is 0. The quantitative estimate of drug-likeness (QED) is 0.694. The van der Waals surface area contributed by atoms with Crippen molar-refractivity contribution in [3.63, 3.8) is 0 Å². The average molecular weight is 405 g/mol. The third kappa shape index (κ3) is 3.88. The number of carbonyl (C=O) groups excluding carboxylic acids is 1. The molecule has 1 atom stereocenters. The predicted molar refractivity (Wildman–Crippen MR) is 117 cm³/mol. The molecule has 1 aliphatic carbocycles. The normalized spacial score (nSPS) is 17.3. The molecule has 156 valence electrons. The van der Waals surface area contributed by atoms with Gasteiger partial charge in [0.15, 0.2) is 11.5 Å². The Morgan fingerprint density at radius 1 is 1.13 bits per heavy atom. The Bertz CT molecular complexity index is 979. The van der Waals surface area contributed by atoms with Crippen LogP contribution in [-0.4, -0.2) is 49.6 Å². The van der Waals surface area contributed by atoms with Crippen molar-refractivity contribution in [3.8, 4) is 23.8 Å². The number of methoxy groups -OCH3 is 2. The lowest BCUT2D eigenvalue weighted by atomic mass is 9.98. The molecular formula is C25H28N2O3. The van der Waals surface area contributed by atoms with Crippen LogP contribution in [0.5, 0.6) is 11.5 Å². The van der Waals surface area contributed by atoms with Gasteiger partial charge in [-0.3, -0.25) is 9.69 Å². The molecule has 5 heteroatoms. The molecule has 1 aliphatic heterocycles. The third-order valence-corrected chi connectivity index (χ3v) is 6.25. The number of fused-ring (bicyclic) bond motifs is 2. The summed E-state index contributed by atoms with van der Waals surface area (Å²) in [6.45, 7) is 2.10. The Morgan fingerprint density at radius 2 is 1.87 bits per heavy atom. The van der Waals surface area contributed by atoms with Crippen molar-refractivity contribution in [3.05, 3.63) is 58.7 Å². The van der Waals surface area contributed by atoms with Gasteiger partial charge in [0, 0.05) is 19.1 Å². The van der Waals surface area contributed by atoms with Gasteiger partial charge in [0.1, 0.15) is 0 Å². The van der Waals surface area contributed by atoms with Gasteiger partial charge in [0.05, 0.1) is 27.3 Å². The van der Waals surface area contributed by atoms with Crippen molar-refractivity contribution in [1.82, 2.24) is 9.80 Å². The smallest absolute Gasteiger partial charge is 0.237 e. The van der Waals surface area contributed by atoms with Crippen LogP contribution in [0.15, 0.2) is 36.4 Å². The second-order valence-corrected chi connectivity index (χ2v) is 7.90. The molecule has 1 amide bonds. The first kappa shape index (κ1) is 20.3. The molecule has 0 radical (unpaired) electrons. The highest BCUT2D eigenvalue weighted by Gasteiger charge is 2.30. The Morgan fingerprint density at radius 3 is 2.60 bits per heavy atom. The lowest BCUT2D eigenvalue weighted by Gasteiger charge is -2.33. The van der Waals surface area contributed by atoms with E-state index >= 15 is 0 Å². The van der Waals surface area contributed by atoms with Crippen LogP contribution >= 0.6 is 0 Å². The van der Waals surface area contributed by atoms with E-state index in [0.29, 0.717) is 31.9 Å². The van der Waals surface area contributed by atoms with E-state index in [-0.39, 0.29) is 11.9 Å².